The molecule has 0 radical (unpaired) electrons. The van der Waals surface area contributed by atoms with Gasteiger partial charge in [0.25, 0.3) is 0 Å². The molecule has 6 heteroatoms. The number of phenols is 1. The van der Waals surface area contributed by atoms with E-state index in [0.717, 1.165) is 5.39 Å². The molecule has 4 aromatic rings. The topological polar surface area (TPSA) is 91.7 Å². The standard InChI is InChI=1S/C26H19N3O3/c30-24-17(11-10-16-5-4-12-29-23(16)24)15-27-13-14-28-21-9-3-8-20-22(21)26(32)19-7-2-1-6-18(19)25(20)31/h1-12,15,28,30H,13-14H2. The molecule has 0 saturated heterocycles. The maximum absolute atomic E-state index is 13.0. The monoisotopic (exact) mass is 421 g/mol. The number of anilines is 1. The third kappa shape index (κ3) is 3.32. The Morgan fingerprint density at radius 2 is 1.66 bits per heavy atom. The second-order valence-electron chi connectivity index (χ2n) is 7.47. The molecular weight excluding hydrogens is 402 g/mol. The van der Waals surface area contributed by atoms with Gasteiger partial charge in [-0.1, -0.05) is 48.5 Å². The highest BCUT2D eigenvalue weighted by Crippen LogP contribution is 2.31. The summed E-state index contributed by atoms with van der Waals surface area (Å²) in [7, 11) is 0. The molecule has 0 saturated carbocycles. The fourth-order valence-corrected chi connectivity index (χ4v) is 3.96. The number of nitrogens with zero attached hydrogens (tertiary/aromatic N) is 2. The Kier molecular flexibility index (Phi) is 4.95. The minimum Gasteiger partial charge on any atom is -0.505 e. The van der Waals surface area contributed by atoms with Crippen LogP contribution in [0.2, 0.25) is 0 Å². The van der Waals surface area contributed by atoms with E-state index in [9.17, 15) is 14.7 Å². The number of ketones is 2. The molecule has 1 aromatic heterocycles. The van der Waals surface area contributed by atoms with Gasteiger partial charge in [-0.3, -0.25) is 19.6 Å². The summed E-state index contributed by atoms with van der Waals surface area (Å²) in [6, 6.07) is 19.5. The van der Waals surface area contributed by atoms with Crippen LogP contribution in [0, 0.1) is 0 Å². The van der Waals surface area contributed by atoms with Crippen LogP contribution in [0.15, 0.2) is 77.9 Å². The Hall–Kier alpha value is -4.32. The van der Waals surface area contributed by atoms with Crippen LogP contribution in [-0.4, -0.2) is 41.0 Å². The van der Waals surface area contributed by atoms with E-state index in [1.54, 1.807) is 60.9 Å². The molecule has 0 amide bonds. The van der Waals surface area contributed by atoms with Gasteiger partial charge in [0.05, 0.1) is 12.1 Å². The Bertz CT molecular complexity index is 1410. The summed E-state index contributed by atoms with van der Waals surface area (Å²) in [5.74, 6) is -0.202. The van der Waals surface area contributed by atoms with Gasteiger partial charge in [0.2, 0.25) is 0 Å². The minimum absolute atomic E-state index is 0.0970. The zero-order valence-electron chi connectivity index (χ0n) is 17.1. The van der Waals surface area contributed by atoms with Crippen LogP contribution in [-0.2, 0) is 0 Å². The molecule has 156 valence electrons. The zero-order chi connectivity index (χ0) is 22.1. The summed E-state index contributed by atoms with van der Waals surface area (Å²) >= 11 is 0. The molecule has 0 bridgehead atoms. The number of hydrogen-bond acceptors (Lipinski definition) is 6. The first-order valence-corrected chi connectivity index (χ1v) is 10.3. The maximum Gasteiger partial charge on any atom is 0.196 e. The lowest BCUT2D eigenvalue weighted by Gasteiger charge is -2.20. The summed E-state index contributed by atoms with van der Waals surface area (Å²) in [5.41, 5.74) is 3.42. The second kappa shape index (κ2) is 8.07. The first kappa shape index (κ1) is 19.6. The van der Waals surface area contributed by atoms with E-state index in [1.165, 1.54) is 0 Å². The Morgan fingerprint density at radius 1 is 0.875 bits per heavy atom. The number of fused-ring (bicyclic) bond motifs is 3. The summed E-state index contributed by atoms with van der Waals surface area (Å²) in [4.78, 5) is 34.5. The maximum atomic E-state index is 13.0. The predicted molar refractivity (Wildman–Crippen MR) is 124 cm³/mol. The SMILES string of the molecule is O=C1c2ccccc2C(=O)c2c(NCCN=Cc3ccc4cccnc4c3O)cccc21. The van der Waals surface area contributed by atoms with Crippen molar-refractivity contribution in [2.45, 2.75) is 0 Å². The number of carbonyl (C=O) groups is 2. The second-order valence-corrected chi connectivity index (χ2v) is 7.47. The van der Waals surface area contributed by atoms with Crippen molar-refractivity contribution in [3.63, 3.8) is 0 Å². The van der Waals surface area contributed by atoms with E-state index >= 15 is 0 Å². The number of aromatic hydroxyl groups is 1. The van der Waals surface area contributed by atoms with Crippen LogP contribution in [0.4, 0.5) is 5.69 Å². The van der Waals surface area contributed by atoms with Crippen molar-refractivity contribution in [3.05, 3.63) is 101 Å². The quantitative estimate of drug-likeness (QED) is 0.327. The lowest BCUT2D eigenvalue weighted by atomic mass is 9.83. The largest absolute Gasteiger partial charge is 0.505 e. The number of aromatic nitrogens is 1. The van der Waals surface area contributed by atoms with Crippen LogP contribution in [0.25, 0.3) is 10.9 Å². The smallest absolute Gasteiger partial charge is 0.196 e. The number of phenolic OH excluding ortho intramolecular Hbond substituents is 1. The number of aliphatic imine (C=N–C) groups is 1. The van der Waals surface area contributed by atoms with Gasteiger partial charge in [0.15, 0.2) is 17.3 Å². The van der Waals surface area contributed by atoms with Crippen molar-refractivity contribution in [2.24, 2.45) is 4.99 Å². The molecule has 0 unspecified atom stereocenters. The summed E-state index contributed by atoms with van der Waals surface area (Å²) in [6.07, 6.45) is 3.24. The molecule has 1 aliphatic rings. The lowest BCUT2D eigenvalue weighted by Crippen LogP contribution is -2.22. The summed E-state index contributed by atoms with van der Waals surface area (Å²) in [5, 5.41) is 14.5. The van der Waals surface area contributed by atoms with Gasteiger partial charge in [0, 0.05) is 52.3 Å². The molecule has 1 aliphatic carbocycles. The van der Waals surface area contributed by atoms with E-state index in [2.05, 4.69) is 15.3 Å². The van der Waals surface area contributed by atoms with Crippen molar-refractivity contribution < 1.29 is 14.7 Å². The van der Waals surface area contributed by atoms with Crippen molar-refractivity contribution >= 4 is 34.4 Å². The third-order valence-electron chi connectivity index (χ3n) is 5.52. The molecule has 0 fully saturated rings. The average Bonchev–Trinajstić information content (AvgIpc) is 2.83. The number of pyridine rings is 1. The lowest BCUT2D eigenvalue weighted by molar-refractivity contribution is 0.0979. The van der Waals surface area contributed by atoms with E-state index in [-0.39, 0.29) is 17.3 Å². The number of nitrogens with one attached hydrogen (secondary N) is 1. The zero-order valence-corrected chi connectivity index (χ0v) is 17.1. The average molecular weight is 421 g/mol. The molecule has 5 rings (SSSR count). The van der Waals surface area contributed by atoms with Crippen molar-refractivity contribution in [3.8, 4) is 5.75 Å². The van der Waals surface area contributed by atoms with Crippen LogP contribution in [0.1, 0.15) is 37.4 Å². The highest BCUT2D eigenvalue weighted by Gasteiger charge is 2.31. The molecule has 32 heavy (non-hydrogen) atoms. The Labute approximate surface area is 184 Å². The van der Waals surface area contributed by atoms with E-state index in [1.807, 2.05) is 18.2 Å². The van der Waals surface area contributed by atoms with Crippen LogP contribution < -0.4 is 5.32 Å². The first-order valence-electron chi connectivity index (χ1n) is 10.3. The molecular formula is C26H19N3O3. The van der Waals surface area contributed by atoms with Gasteiger partial charge < -0.3 is 10.4 Å². The predicted octanol–water partition coefficient (Wildman–Crippen LogP) is 4.25. The molecule has 3 aromatic carbocycles. The van der Waals surface area contributed by atoms with Crippen molar-refractivity contribution in [1.82, 2.24) is 4.98 Å². The molecule has 0 aliphatic heterocycles. The van der Waals surface area contributed by atoms with Crippen LogP contribution in [0.3, 0.4) is 0 Å². The van der Waals surface area contributed by atoms with Gasteiger partial charge in [-0.2, -0.15) is 0 Å². The van der Waals surface area contributed by atoms with Crippen molar-refractivity contribution in [2.75, 3.05) is 18.4 Å². The number of carbonyl (C=O) groups excluding carboxylic acids is 2. The Balaban J connectivity index is 1.31. The summed E-state index contributed by atoms with van der Waals surface area (Å²) < 4.78 is 0. The molecule has 1 heterocycles. The minimum atomic E-state index is -0.157. The first-order chi connectivity index (χ1) is 15.6. The van der Waals surface area contributed by atoms with Gasteiger partial charge >= 0.3 is 0 Å². The number of rotatable bonds is 5. The molecule has 0 spiro atoms. The van der Waals surface area contributed by atoms with Gasteiger partial charge in [-0.05, 0) is 18.2 Å². The van der Waals surface area contributed by atoms with Gasteiger partial charge in [0.1, 0.15) is 5.52 Å². The molecule has 2 N–H and O–H groups in total. The van der Waals surface area contributed by atoms with Gasteiger partial charge in [-0.15, -0.1) is 0 Å². The molecule has 6 nitrogen and oxygen atoms in total. The number of hydrogen-bond donors (Lipinski definition) is 2. The normalized spacial score (nSPS) is 12.8. The van der Waals surface area contributed by atoms with Crippen LogP contribution >= 0.6 is 0 Å². The molecule has 0 atom stereocenters. The van der Waals surface area contributed by atoms with Crippen LogP contribution in [0.5, 0.6) is 5.75 Å². The Morgan fingerprint density at radius 3 is 2.50 bits per heavy atom. The number of benzene rings is 3. The third-order valence-corrected chi connectivity index (χ3v) is 5.52. The summed E-state index contributed by atoms with van der Waals surface area (Å²) in [6.45, 7) is 0.880. The highest BCUT2D eigenvalue weighted by atomic mass is 16.3. The van der Waals surface area contributed by atoms with E-state index in [0.29, 0.717) is 52.1 Å². The highest BCUT2D eigenvalue weighted by molar-refractivity contribution is 6.30. The van der Waals surface area contributed by atoms with E-state index < -0.39 is 0 Å². The fourth-order valence-electron chi connectivity index (χ4n) is 3.96. The van der Waals surface area contributed by atoms with Gasteiger partial charge in [-0.25, -0.2) is 0 Å². The van der Waals surface area contributed by atoms with E-state index in [4.69, 9.17) is 0 Å². The fraction of sp³-hybridized carbons (Fsp3) is 0.0769. The van der Waals surface area contributed by atoms with Crippen molar-refractivity contribution in [1.29, 1.82) is 0 Å².